The number of halogens is 1. The lowest BCUT2D eigenvalue weighted by Gasteiger charge is -2.18. The third-order valence-electron chi connectivity index (χ3n) is 3.53. The summed E-state index contributed by atoms with van der Waals surface area (Å²) in [5.74, 6) is 5.04. The van der Waals surface area contributed by atoms with E-state index in [2.05, 4.69) is 11.8 Å². The number of rotatable bonds is 2. The highest BCUT2D eigenvalue weighted by Crippen LogP contribution is 2.49. The van der Waals surface area contributed by atoms with E-state index in [9.17, 15) is 9.59 Å². The van der Waals surface area contributed by atoms with E-state index in [-0.39, 0.29) is 30.3 Å². The summed E-state index contributed by atoms with van der Waals surface area (Å²) in [7, 11) is 0. The normalized spacial score (nSPS) is 23.4. The number of carbonyl (C=O) groups is 2. The molecule has 1 heterocycles. The number of benzene rings is 1. The van der Waals surface area contributed by atoms with E-state index in [0.717, 1.165) is 0 Å². The van der Waals surface area contributed by atoms with Crippen molar-refractivity contribution in [3.8, 4) is 11.8 Å². The van der Waals surface area contributed by atoms with Gasteiger partial charge in [0, 0.05) is 17.0 Å². The van der Waals surface area contributed by atoms with E-state index in [1.807, 2.05) is 0 Å². The van der Waals surface area contributed by atoms with Crippen molar-refractivity contribution in [1.82, 2.24) is 0 Å². The highest BCUT2D eigenvalue weighted by molar-refractivity contribution is 6.32. The van der Waals surface area contributed by atoms with Crippen LogP contribution in [0.15, 0.2) is 18.2 Å². The molecule has 2 atom stereocenters. The number of anilines is 1. The van der Waals surface area contributed by atoms with Crippen LogP contribution in [-0.4, -0.2) is 23.5 Å². The first-order chi connectivity index (χ1) is 9.63. The van der Waals surface area contributed by atoms with Crippen LogP contribution in [0, 0.1) is 23.7 Å². The zero-order chi connectivity index (χ0) is 14.3. The fraction of sp³-hybridized carbons (Fsp3) is 0.333. The fourth-order valence-corrected chi connectivity index (χ4v) is 2.59. The van der Waals surface area contributed by atoms with Gasteiger partial charge in [-0.3, -0.25) is 9.59 Å². The van der Waals surface area contributed by atoms with Crippen LogP contribution >= 0.6 is 11.6 Å². The summed E-state index contributed by atoms with van der Waals surface area (Å²) >= 11 is 5.96. The summed E-state index contributed by atoms with van der Waals surface area (Å²) in [6.07, 6.45) is 1.01. The van der Waals surface area contributed by atoms with Crippen molar-refractivity contribution in [3.63, 3.8) is 0 Å². The Balaban J connectivity index is 2.00. The van der Waals surface area contributed by atoms with Crippen molar-refractivity contribution in [2.45, 2.75) is 12.8 Å². The van der Waals surface area contributed by atoms with Crippen LogP contribution in [0.3, 0.4) is 0 Å². The quantitative estimate of drug-likeness (QED) is 0.664. The van der Waals surface area contributed by atoms with E-state index in [4.69, 9.17) is 16.7 Å². The average molecular weight is 290 g/mol. The van der Waals surface area contributed by atoms with Crippen molar-refractivity contribution in [1.29, 1.82) is 0 Å². The first kappa shape index (κ1) is 13.2. The van der Waals surface area contributed by atoms with Gasteiger partial charge in [0.1, 0.15) is 0 Å². The topological polar surface area (TPSA) is 57.6 Å². The largest absolute Gasteiger partial charge is 0.395 e. The Labute approximate surface area is 121 Å². The lowest BCUT2D eigenvalue weighted by molar-refractivity contribution is -0.123. The first-order valence-corrected chi connectivity index (χ1v) is 6.78. The Morgan fingerprint density at radius 2 is 2.00 bits per heavy atom. The SMILES string of the molecule is O=C1C2CC2C(=O)N1c1cc(Cl)ccc1C#CCCO. The molecule has 1 aliphatic heterocycles. The molecule has 2 aliphatic rings. The second kappa shape index (κ2) is 4.93. The standard InChI is InChI=1S/C15H12ClNO3/c16-10-5-4-9(3-1-2-6-18)13(7-10)17-14(19)11-8-12(11)15(17)20/h4-5,7,11-12,18H,2,6,8H2. The Morgan fingerprint density at radius 3 is 2.65 bits per heavy atom. The summed E-state index contributed by atoms with van der Waals surface area (Å²) in [6, 6.07) is 4.94. The second-order valence-corrected chi connectivity index (χ2v) is 5.33. The van der Waals surface area contributed by atoms with Crippen molar-refractivity contribution in [2.24, 2.45) is 11.8 Å². The van der Waals surface area contributed by atoms with E-state index >= 15 is 0 Å². The molecule has 20 heavy (non-hydrogen) atoms. The van der Waals surface area contributed by atoms with Gasteiger partial charge >= 0.3 is 0 Å². The number of carbonyl (C=O) groups excluding carboxylic acids is 2. The summed E-state index contributed by atoms with van der Waals surface area (Å²) in [6.45, 7) is -0.0261. The number of hydrogen-bond donors (Lipinski definition) is 1. The first-order valence-electron chi connectivity index (χ1n) is 6.40. The minimum absolute atomic E-state index is 0.0261. The van der Waals surface area contributed by atoms with E-state index in [0.29, 0.717) is 29.1 Å². The highest BCUT2D eigenvalue weighted by atomic mass is 35.5. The zero-order valence-corrected chi connectivity index (χ0v) is 11.4. The Kier molecular flexibility index (Phi) is 3.25. The van der Waals surface area contributed by atoms with Gasteiger partial charge in [-0.25, -0.2) is 4.90 Å². The molecule has 1 aromatic carbocycles. The van der Waals surface area contributed by atoms with Crippen LogP contribution in [0.1, 0.15) is 18.4 Å². The van der Waals surface area contributed by atoms with Gasteiger partial charge in [0.15, 0.2) is 0 Å². The number of aliphatic hydroxyl groups excluding tert-OH is 1. The van der Waals surface area contributed by atoms with Gasteiger partial charge in [0.2, 0.25) is 11.8 Å². The third-order valence-corrected chi connectivity index (χ3v) is 3.76. The molecular formula is C15H12ClNO3. The maximum atomic E-state index is 12.1. The maximum absolute atomic E-state index is 12.1. The van der Waals surface area contributed by atoms with Crippen LogP contribution < -0.4 is 4.90 Å². The van der Waals surface area contributed by atoms with Gasteiger partial charge in [0.05, 0.1) is 24.1 Å². The molecule has 0 aromatic heterocycles. The third kappa shape index (κ3) is 2.09. The Morgan fingerprint density at radius 1 is 1.30 bits per heavy atom. The van der Waals surface area contributed by atoms with Gasteiger partial charge < -0.3 is 5.11 Å². The molecule has 1 aliphatic carbocycles. The number of piperidine rings is 1. The lowest BCUT2D eigenvalue weighted by atomic mass is 10.1. The predicted octanol–water partition coefficient (Wildman–Crippen LogP) is 1.58. The molecule has 1 N–H and O–H groups in total. The molecule has 102 valence electrons. The van der Waals surface area contributed by atoms with E-state index < -0.39 is 0 Å². The molecule has 3 rings (SSSR count). The molecule has 4 nitrogen and oxygen atoms in total. The smallest absolute Gasteiger partial charge is 0.237 e. The predicted molar refractivity (Wildman–Crippen MR) is 74.1 cm³/mol. The molecule has 2 unspecified atom stereocenters. The van der Waals surface area contributed by atoms with Gasteiger partial charge in [-0.1, -0.05) is 23.4 Å². The minimum atomic E-state index is -0.160. The van der Waals surface area contributed by atoms with Crippen LogP contribution in [0.25, 0.3) is 0 Å². The Hall–Kier alpha value is -1.83. The van der Waals surface area contributed by atoms with Crippen LogP contribution in [0.4, 0.5) is 5.69 Å². The molecule has 0 spiro atoms. The molecular weight excluding hydrogens is 278 g/mol. The molecule has 1 saturated heterocycles. The lowest BCUT2D eigenvalue weighted by Crippen LogP contribution is -2.33. The minimum Gasteiger partial charge on any atom is -0.395 e. The Bertz CT molecular complexity index is 639. The molecule has 1 saturated carbocycles. The number of imide groups is 1. The van der Waals surface area contributed by atoms with Crippen molar-refractivity contribution < 1.29 is 14.7 Å². The highest BCUT2D eigenvalue weighted by Gasteiger charge is 2.59. The molecule has 1 aromatic rings. The fourth-order valence-electron chi connectivity index (χ4n) is 2.43. The molecule has 0 bridgehead atoms. The van der Waals surface area contributed by atoms with Crippen molar-refractivity contribution in [2.75, 3.05) is 11.5 Å². The number of nitrogens with zero attached hydrogens (tertiary/aromatic N) is 1. The molecule has 0 radical (unpaired) electrons. The van der Waals surface area contributed by atoms with Crippen LogP contribution in [0.2, 0.25) is 5.02 Å². The number of hydrogen-bond acceptors (Lipinski definition) is 3. The monoisotopic (exact) mass is 289 g/mol. The van der Waals surface area contributed by atoms with Crippen LogP contribution in [-0.2, 0) is 9.59 Å². The van der Waals surface area contributed by atoms with Gasteiger partial charge in [-0.05, 0) is 24.6 Å². The molecule has 5 heteroatoms. The summed E-state index contributed by atoms with van der Waals surface area (Å²) in [5.41, 5.74) is 1.02. The van der Waals surface area contributed by atoms with Crippen molar-refractivity contribution in [3.05, 3.63) is 28.8 Å². The van der Waals surface area contributed by atoms with Crippen molar-refractivity contribution >= 4 is 29.1 Å². The molecule has 2 fully saturated rings. The average Bonchev–Trinajstić information content (AvgIpc) is 3.17. The van der Waals surface area contributed by atoms with Gasteiger partial charge in [-0.15, -0.1) is 0 Å². The number of fused-ring (bicyclic) bond motifs is 1. The summed E-state index contributed by atoms with van der Waals surface area (Å²) in [5, 5.41) is 9.20. The molecule has 2 amide bonds. The van der Waals surface area contributed by atoms with Gasteiger partial charge in [0.25, 0.3) is 0 Å². The van der Waals surface area contributed by atoms with E-state index in [1.165, 1.54) is 4.90 Å². The summed E-state index contributed by atoms with van der Waals surface area (Å²) < 4.78 is 0. The second-order valence-electron chi connectivity index (χ2n) is 4.90. The zero-order valence-electron chi connectivity index (χ0n) is 10.6. The van der Waals surface area contributed by atoms with Gasteiger partial charge in [-0.2, -0.15) is 0 Å². The summed E-state index contributed by atoms with van der Waals surface area (Å²) in [4.78, 5) is 25.5. The number of amides is 2. The number of aliphatic hydroxyl groups is 1. The van der Waals surface area contributed by atoms with E-state index in [1.54, 1.807) is 18.2 Å². The van der Waals surface area contributed by atoms with Crippen LogP contribution in [0.5, 0.6) is 0 Å². The maximum Gasteiger partial charge on any atom is 0.237 e.